The fourth-order valence-corrected chi connectivity index (χ4v) is 2.04. The van der Waals surface area contributed by atoms with Crippen molar-refractivity contribution in [3.8, 4) is 5.95 Å². The number of para-hydroxylation sites is 2. The van der Waals surface area contributed by atoms with E-state index in [2.05, 4.69) is 22.0 Å². The normalized spacial score (nSPS) is 11.2. The van der Waals surface area contributed by atoms with Gasteiger partial charge in [-0.15, -0.1) is 0 Å². The predicted octanol–water partition coefficient (Wildman–Crippen LogP) is 1.99. The molecule has 0 unspecified atom stereocenters. The van der Waals surface area contributed by atoms with Crippen LogP contribution in [-0.4, -0.2) is 19.7 Å². The highest BCUT2D eigenvalue weighted by Crippen LogP contribution is 2.11. The van der Waals surface area contributed by atoms with E-state index in [1.165, 1.54) is 4.68 Å². The van der Waals surface area contributed by atoms with Gasteiger partial charge in [-0.2, -0.15) is 4.68 Å². The summed E-state index contributed by atoms with van der Waals surface area (Å²) in [6.45, 7) is 2.08. The molecule has 0 radical (unpaired) electrons. The van der Waals surface area contributed by atoms with Crippen LogP contribution in [0.3, 0.4) is 0 Å². The van der Waals surface area contributed by atoms with Crippen molar-refractivity contribution in [3.63, 3.8) is 0 Å². The first-order valence-electron chi connectivity index (χ1n) is 6.04. The maximum atomic E-state index is 11.9. The number of H-pyrrole nitrogens is 2. The summed E-state index contributed by atoms with van der Waals surface area (Å²) in [7, 11) is 0. The molecule has 0 bridgehead atoms. The van der Waals surface area contributed by atoms with Gasteiger partial charge in [0.2, 0.25) is 5.95 Å². The van der Waals surface area contributed by atoms with Crippen LogP contribution in [0.15, 0.2) is 35.1 Å². The number of hydrogen-bond donors (Lipinski definition) is 2. The summed E-state index contributed by atoms with van der Waals surface area (Å²) in [6.07, 6.45) is 1.86. The average molecular weight is 242 g/mol. The zero-order chi connectivity index (χ0) is 12.5. The van der Waals surface area contributed by atoms with E-state index in [-0.39, 0.29) is 5.56 Å². The molecule has 0 fully saturated rings. The number of aryl methyl sites for hydroxylation is 1. The number of aromatic amines is 2. The van der Waals surface area contributed by atoms with Gasteiger partial charge < -0.3 is 4.98 Å². The van der Waals surface area contributed by atoms with Gasteiger partial charge in [-0.3, -0.25) is 9.89 Å². The quantitative estimate of drug-likeness (QED) is 0.737. The van der Waals surface area contributed by atoms with E-state index in [0.29, 0.717) is 5.95 Å². The van der Waals surface area contributed by atoms with Gasteiger partial charge in [-0.05, 0) is 18.6 Å². The van der Waals surface area contributed by atoms with Gasteiger partial charge in [0, 0.05) is 11.8 Å². The van der Waals surface area contributed by atoms with Crippen LogP contribution in [0, 0.1) is 0 Å². The zero-order valence-corrected chi connectivity index (χ0v) is 10.1. The maximum Gasteiger partial charge on any atom is 0.274 e. The third-order valence-corrected chi connectivity index (χ3v) is 2.88. The van der Waals surface area contributed by atoms with E-state index in [1.54, 1.807) is 6.07 Å². The molecule has 0 aliphatic heterocycles. The van der Waals surface area contributed by atoms with Crippen molar-refractivity contribution in [2.45, 2.75) is 19.8 Å². The smallest absolute Gasteiger partial charge is 0.274 e. The molecule has 2 N–H and O–H groups in total. The summed E-state index contributed by atoms with van der Waals surface area (Å²) in [5.41, 5.74) is 2.62. The van der Waals surface area contributed by atoms with E-state index in [9.17, 15) is 4.79 Å². The van der Waals surface area contributed by atoms with Gasteiger partial charge in [0.15, 0.2) is 0 Å². The summed E-state index contributed by atoms with van der Waals surface area (Å²) in [4.78, 5) is 19.4. The third kappa shape index (κ3) is 1.73. The Balaban J connectivity index is 2.11. The Morgan fingerprint density at radius 2 is 2.17 bits per heavy atom. The maximum absolute atomic E-state index is 11.9. The highest BCUT2D eigenvalue weighted by atomic mass is 16.1. The molecule has 2 heterocycles. The lowest BCUT2D eigenvalue weighted by atomic mass is 10.3. The van der Waals surface area contributed by atoms with Crippen molar-refractivity contribution in [1.29, 1.82) is 0 Å². The fourth-order valence-electron chi connectivity index (χ4n) is 2.04. The first-order chi connectivity index (χ1) is 8.78. The second-order valence-electron chi connectivity index (χ2n) is 4.28. The molecule has 3 rings (SSSR count). The van der Waals surface area contributed by atoms with E-state index in [0.717, 1.165) is 29.6 Å². The van der Waals surface area contributed by atoms with Crippen molar-refractivity contribution in [3.05, 3.63) is 46.4 Å². The van der Waals surface area contributed by atoms with Crippen LogP contribution in [-0.2, 0) is 6.42 Å². The van der Waals surface area contributed by atoms with Crippen molar-refractivity contribution < 1.29 is 0 Å². The summed E-state index contributed by atoms with van der Waals surface area (Å²) >= 11 is 0. The number of aromatic nitrogens is 4. The molecule has 5 nitrogen and oxygen atoms in total. The summed E-state index contributed by atoms with van der Waals surface area (Å²) in [5, 5.41) is 3.07. The highest BCUT2D eigenvalue weighted by molar-refractivity contribution is 5.75. The van der Waals surface area contributed by atoms with Crippen LogP contribution < -0.4 is 5.56 Å². The number of benzene rings is 1. The Morgan fingerprint density at radius 1 is 1.33 bits per heavy atom. The number of fused-ring (bicyclic) bond motifs is 1. The van der Waals surface area contributed by atoms with Crippen LogP contribution in [0.1, 0.15) is 19.0 Å². The molecular weight excluding hydrogens is 228 g/mol. The molecule has 5 heteroatoms. The lowest BCUT2D eigenvalue weighted by molar-refractivity contribution is 0.764. The van der Waals surface area contributed by atoms with Gasteiger partial charge >= 0.3 is 0 Å². The summed E-state index contributed by atoms with van der Waals surface area (Å²) < 4.78 is 1.45. The standard InChI is InChI=1S/C13H14N4O/c1-2-5-9-8-12(18)17(16-9)13-14-10-6-3-4-7-11(10)15-13/h3-4,6-8,16H,2,5H2,1H3,(H,14,15). The minimum Gasteiger partial charge on any atom is -0.322 e. The van der Waals surface area contributed by atoms with E-state index in [4.69, 9.17) is 0 Å². The molecule has 0 aliphatic rings. The second-order valence-corrected chi connectivity index (χ2v) is 4.28. The van der Waals surface area contributed by atoms with Crippen LogP contribution in [0.25, 0.3) is 17.0 Å². The minimum absolute atomic E-state index is 0.0856. The number of nitrogens with one attached hydrogen (secondary N) is 2. The van der Waals surface area contributed by atoms with Gasteiger partial charge in [0.25, 0.3) is 5.56 Å². The van der Waals surface area contributed by atoms with Gasteiger partial charge in [-0.25, -0.2) is 4.98 Å². The van der Waals surface area contributed by atoms with E-state index >= 15 is 0 Å². The molecule has 3 aromatic rings. The molecule has 2 aromatic heterocycles. The molecule has 0 atom stereocenters. The third-order valence-electron chi connectivity index (χ3n) is 2.88. The largest absolute Gasteiger partial charge is 0.322 e. The zero-order valence-electron chi connectivity index (χ0n) is 10.1. The van der Waals surface area contributed by atoms with E-state index < -0.39 is 0 Å². The Labute approximate surface area is 103 Å². The highest BCUT2D eigenvalue weighted by Gasteiger charge is 2.08. The molecular formula is C13H14N4O. The van der Waals surface area contributed by atoms with Crippen LogP contribution in [0.5, 0.6) is 0 Å². The van der Waals surface area contributed by atoms with Gasteiger partial charge in [0.05, 0.1) is 11.0 Å². The van der Waals surface area contributed by atoms with Crippen LogP contribution in [0.4, 0.5) is 0 Å². The molecule has 0 amide bonds. The first-order valence-corrected chi connectivity index (χ1v) is 6.04. The molecule has 92 valence electrons. The van der Waals surface area contributed by atoms with Crippen LogP contribution in [0.2, 0.25) is 0 Å². The lowest BCUT2D eigenvalue weighted by Crippen LogP contribution is -2.14. The van der Waals surface area contributed by atoms with E-state index in [1.807, 2.05) is 24.3 Å². The van der Waals surface area contributed by atoms with Crippen molar-refractivity contribution in [1.82, 2.24) is 19.7 Å². The van der Waals surface area contributed by atoms with Gasteiger partial charge in [-0.1, -0.05) is 25.5 Å². The average Bonchev–Trinajstić information content (AvgIpc) is 2.92. The second kappa shape index (κ2) is 4.18. The molecule has 0 saturated heterocycles. The van der Waals surface area contributed by atoms with Crippen molar-refractivity contribution in [2.24, 2.45) is 0 Å². The topological polar surface area (TPSA) is 66.5 Å². The number of rotatable bonds is 3. The van der Waals surface area contributed by atoms with Crippen LogP contribution >= 0.6 is 0 Å². The Kier molecular flexibility index (Phi) is 2.51. The summed E-state index contributed by atoms with van der Waals surface area (Å²) in [5.74, 6) is 0.531. The Bertz CT molecular complexity index is 702. The molecule has 18 heavy (non-hydrogen) atoms. The number of nitrogens with zero attached hydrogens (tertiary/aromatic N) is 2. The Hall–Kier alpha value is -2.30. The minimum atomic E-state index is -0.0856. The van der Waals surface area contributed by atoms with Gasteiger partial charge in [0.1, 0.15) is 0 Å². The van der Waals surface area contributed by atoms with Crippen molar-refractivity contribution in [2.75, 3.05) is 0 Å². The number of imidazole rings is 1. The first kappa shape index (κ1) is 10.8. The Morgan fingerprint density at radius 3 is 2.94 bits per heavy atom. The molecule has 0 saturated carbocycles. The SMILES string of the molecule is CCCc1cc(=O)n(-c2nc3ccccc3[nH]2)[nH]1. The number of hydrogen-bond acceptors (Lipinski definition) is 2. The van der Waals surface area contributed by atoms with Crippen molar-refractivity contribution >= 4 is 11.0 Å². The monoisotopic (exact) mass is 242 g/mol. The molecule has 0 aliphatic carbocycles. The summed E-state index contributed by atoms with van der Waals surface area (Å²) in [6, 6.07) is 9.33. The fraction of sp³-hybridized carbons (Fsp3) is 0.231. The predicted molar refractivity (Wildman–Crippen MR) is 70.0 cm³/mol. The lowest BCUT2D eigenvalue weighted by Gasteiger charge is -1.95. The molecule has 0 spiro atoms. The molecule has 1 aromatic carbocycles.